The minimum Gasteiger partial charge on any atom is -0.381 e. The number of rotatable bonds is 8. The fourth-order valence-corrected chi connectivity index (χ4v) is 1.36. The fourth-order valence-electron chi connectivity index (χ4n) is 1.36. The number of hydrogen-bond acceptors (Lipinski definition) is 5. The van der Waals surface area contributed by atoms with Gasteiger partial charge in [0.2, 0.25) is 0 Å². The maximum atomic E-state index is 5.73. The van der Waals surface area contributed by atoms with Crippen LogP contribution in [0.4, 0.5) is 0 Å². The van der Waals surface area contributed by atoms with Crippen LogP contribution in [0, 0.1) is 0 Å². The van der Waals surface area contributed by atoms with Gasteiger partial charge in [0.1, 0.15) is 0 Å². The molecule has 2 N–H and O–H groups in total. The summed E-state index contributed by atoms with van der Waals surface area (Å²) in [6.45, 7) is 6.37. The second-order valence-electron chi connectivity index (χ2n) is 3.87. The van der Waals surface area contributed by atoms with Crippen LogP contribution < -0.4 is 5.73 Å². The number of nitrogens with zero attached hydrogens (tertiary/aromatic N) is 4. The summed E-state index contributed by atoms with van der Waals surface area (Å²) in [5, 5.41) is 11.4. The zero-order valence-corrected chi connectivity index (χ0v) is 10.1. The molecular formula is C10H21N5O. The third-order valence-corrected chi connectivity index (χ3v) is 2.27. The van der Waals surface area contributed by atoms with Gasteiger partial charge in [-0.1, -0.05) is 13.3 Å². The highest BCUT2D eigenvalue weighted by Crippen LogP contribution is 2.03. The Morgan fingerprint density at radius 2 is 2.12 bits per heavy atom. The van der Waals surface area contributed by atoms with Crippen molar-refractivity contribution in [3.05, 3.63) is 5.82 Å². The average Bonchev–Trinajstić information content (AvgIpc) is 2.71. The van der Waals surface area contributed by atoms with E-state index in [9.17, 15) is 0 Å². The molecule has 1 unspecified atom stereocenters. The summed E-state index contributed by atoms with van der Waals surface area (Å²) in [7, 11) is 0. The number of ether oxygens (including phenoxy) is 1. The Morgan fingerprint density at radius 3 is 2.81 bits per heavy atom. The zero-order chi connectivity index (χ0) is 11.8. The second kappa shape index (κ2) is 7.29. The molecule has 16 heavy (non-hydrogen) atoms. The lowest BCUT2D eigenvalue weighted by Crippen LogP contribution is -2.15. The largest absolute Gasteiger partial charge is 0.381 e. The molecule has 1 rings (SSSR count). The van der Waals surface area contributed by atoms with Crippen LogP contribution >= 0.6 is 0 Å². The van der Waals surface area contributed by atoms with Gasteiger partial charge in [0.25, 0.3) is 0 Å². The van der Waals surface area contributed by atoms with E-state index in [1.54, 1.807) is 4.68 Å². The van der Waals surface area contributed by atoms with E-state index in [2.05, 4.69) is 22.4 Å². The molecule has 0 aliphatic heterocycles. The van der Waals surface area contributed by atoms with Crippen molar-refractivity contribution in [2.75, 3.05) is 13.2 Å². The number of aryl methyl sites for hydroxylation is 1. The first-order chi connectivity index (χ1) is 7.75. The lowest BCUT2D eigenvalue weighted by atomic mass is 10.3. The SMILES string of the molecule is CCCCOCCCn1nnnc1C(C)N. The number of tetrazole rings is 1. The lowest BCUT2D eigenvalue weighted by Gasteiger charge is -2.07. The van der Waals surface area contributed by atoms with E-state index in [1.165, 1.54) is 6.42 Å². The first kappa shape index (κ1) is 13.1. The van der Waals surface area contributed by atoms with Crippen LogP contribution in [-0.4, -0.2) is 33.4 Å². The molecule has 6 nitrogen and oxygen atoms in total. The molecule has 0 saturated heterocycles. The van der Waals surface area contributed by atoms with Crippen LogP contribution in [0.15, 0.2) is 0 Å². The summed E-state index contributed by atoms with van der Waals surface area (Å²) in [5.41, 5.74) is 5.73. The highest BCUT2D eigenvalue weighted by atomic mass is 16.5. The van der Waals surface area contributed by atoms with Crippen molar-refractivity contribution in [3.8, 4) is 0 Å². The Labute approximate surface area is 96.2 Å². The zero-order valence-electron chi connectivity index (χ0n) is 10.1. The predicted molar refractivity (Wildman–Crippen MR) is 60.8 cm³/mol. The van der Waals surface area contributed by atoms with Crippen LogP contribution in [0.5, 0.6) is 0 Å². The number of unbranched alkanes of at least 4 members (excludes halogenated alkanes) is 1. The Morgan fingerprint density at radius 1 is 1.38 bits per heavy atom. The van der Waals surface area contributed by atoms with Gasteiger partial charge in [-0.2, -0.15) is 0 Å². The molecule has 1 atom stereocenters. The maximum absolute atomic E-state index is 5.73. The van der Waals surface area contributed by atoms with Crippen LogP contribution in [0.3, 0.4) is 0 Å². The van der Waals surface area contributed by atoms with Crippen LogP contribution in [0.1, 0.15) is 45.0 Å². The molecule has 6 heteroatoms. The highest BCUT2D eigenvalue weighted by Gasteiger charge is 2.09. The van der Waals surface area contributed by atoms with Crippen LogP contribution in [-0.2, 0) is 11.3 Å². The summed E-state index contributed by atoms with van der Waals surface area (Å²) in [5.74, 6) is 0.730. The van der Waals surface area contributed by atoms with Gasteiger partial charge in [-0.3, -0.25) is 0 Å². The molecule has 0 bridgehead atoms. The van der Waals surface area contributed by atoms with E-state index in [0.29, 0.717) is 0 Å². The third kappa shape index (κ3) is 4.24. The molecule has 1 aromatic heterocycles. The lowest BCUT2D eigenvalue weighted by molar-refractivity contribution is 0.125. The Balaban J connectivity index is 2.19. The maximum Gasteiger partial charge on any atom is 0.167 e. The van der Waals surface area contributed by atoms with Gasteiger partial charge in [0.05, 0.1) is 6.04 Å². The topological polar surface area (TPSA) is 78.8 Å². The summed E-state index contributed by atoms with van der Waals surface area (Å²) in [4.78, 5) is 0. The van der Waals surface area contributed by atoms with E-state index in [1.807, 2.05) is 6.92 Å². The smallest absolute Gasteiger partial charge is 0.167 e. The molecule has 1 heterocycles. The van der Waals surface area contributed by atoms with Crippen molar-refractivity contribution < 1.29 is 4.74 Å². The molecule has 0 aromatic carbocycles. The fraction of sp³-hybridized carbons (Fsp3) is 0.900. The van der Waals surface area contributed by atoms with Gasteiger partial charge in [0.15, 0.2) is 5.82 Å². The Bertz CT molecular complexity index is 286. The first-order valence-corrected chi connectivity index (χ1v) is 5.85. The minimum absolute atomic E-state index is 0.129. The van der Waals surface area contributed by atoms with Crippen molar-refractivity contribution in [3.63, 3.8) is 0 Å². The number of aromatic nitrogens is 4. The summed E-state index contributed by atoms with van der Waals surface area (Å²) >= 11 is 0. The van der Waals surface area contributed by atoms with E-state index < -0.39 is 0 Å². The molecule has 0 amide bonds. The first-order valence-electron chi connectivity index (χ1n) is 5.85. The van der Waals surface area contributed by atoms with E-state index in [4.69, 9.17) is 10.5 Å². The van der Waals surface area contributed by atoms with Gasteiger partial charge in [0, 0.05) is 19.8 Å². The molecule has 0 fully saturated rings. The molecule has 0 saturated carbocycles. The Hall–Kier alpha value is -1.01. The summed E-state index contributed by atoms with van der Waals surface area (Å²) in [6, 6.07) is -0.129. The van der Waals surface area contributed by atoms with Crippen molar-refractivity contribution in [1.29, 1.82) is 0 Å². The van der Waals surface area contributed by atoms with E-state index >= 15 is 0 Å². The van der Waals surface area contributed by atoms with Crippen molar-refractivity contribution in [1.82, 2.24) is 20.2 Å². The van der Waals surface area contributed by atoms with E-state index in [0.717, 1.165) is 38.4 Å². The third-order valence-electron chi connectivity index (χ3n) is 2.27. The van der Waals surface area contributed by atoms with Gasteiger partial charge in [-0.25, -0.2) is 4.68 Å². The van der Waals surface area contributed by atoms with Gasteiger partial charge in [-0.15, -0.1) is 5.10 Å². The molecular weight excluding hydrogens is 206 g/mol. The molecule has 0 spiro atoms. The molecule has 0 radical (unpaired) electrons. The van der Waals surface area contributed by atoms with Crippen LogP contribution in [0.2, 0.25) is 0 Å². The Kier molecular flexibility index (Phi) is 5.95. The predicted octanol–water partition coefficient (Wildman–Crippen LogP) is 0.900. The van der Waals surface area contributed by atoms with Gasteiger partial charge in [-0.05, 0) is 30.2 Å². The molecule has 0 aliphatic rings. The molecule has 1 aromatic rings. The van der Waals surface area contributed by atoms with Crippen LogP contribution in [0.25, 0.3) is 0 Å². The normalized spacial score (nSPS) is 12.9. The molecule has 92 valence electrons. The van der Waals surface area contributed by atoms with Crippen molar-refractivity contribution in [2.45, 2.75) is 45.7 Å². The number of nitrogens with two attached hydrogens (primary N) is 1. The summed E-state index contributed by atoms with van der Waals surface area (Å²) < 4.78 is 7.20. The van der Waals surface area contributed by atoms with Crippen molar-refractivity contribution >= 4 is 0 Å². The molecule has 0 aliphatic carbocycles. The second-order valence-corrected chi connectivity index (χ2v) is 3.87. The van der Waals surface area contributed by atoms with Gasteiger partial charge >= 0.3 is 0 Å². The minimum atomic E-state index is -0.129. The monoisotopic (exact) mass is 227 g/mol. The standard InChI is InChI=1S/C10H21N5O/c1-3-4-7-16-8-5-6-15-10(9(2)11)12-13-14-15/h9H,3-8,11H2,1-2H3. The summed E-state index contributed by atoms with van der Waals surface area (Å²) in [6.07, 6.45) is 3.20. The van der Waals surface area contributed by atoms with E-state index in [-0.39, 0.29) is 6.04 Å². The van der Waals surface area contributed by atoms with Crippen molar-refractivity contribution in [2.24, 2.45) is 5.73 Å². The quantitative estimate of drug-likeness (QED) is 0.667. The average molecular weight is 227 g/mol. The van der Waals surface area contributed by atoms with Gasteiger partial charge < -0.3 is 10.5 Å². The highest BCUT2D eigenvalue weighted by molar-refractivity contribution is 4.86. The number of hydrogen-bond donors (Lipinski definition) is 1.